The maximum absolute atomic E-state index is 13.7. The van der Waals surface area contributed by atoms with Gasteiger partial charge < -0.3 is 23.7 Å². The highest BCUT2D eigenvalue weighted by molar-refractivity contribution is 7.91. The van der Waals surface area contributed by atoms with Crippen LogP contribution in [0.3, 0.4) is 0 Å². The number of carbonyl (C=O) groups excluding carboxylic acids is 1. The summed E-state index contributed by atoms with van der Waals surface area (Å²) < 4.78 is 54.9. The molecule has 1 atom stereocenters. The van der Waals surface area contributed by atoms with Gasteiger partial charge in [0.05, 0.1) is 19.4 Å². The van der Waals surface area contributed by atoms with Crippen molar-refractivity contribution in [3.05, 3.63) is 47.5 Å². The molecule has 3 fully saturated rings. The van der Waals surface area contributed by atoms with Gasteiger partial charge in [-0.05, 0) is 56.7 Å². The molecule has 2 aromatic rings. The standard InChI is InChI=1S/C30H40N2O8S/c1-21-18-23(8-9-25(21)26-6-5-7-27(31-26)38-19-24-20-39-29(2,3)40-24)22-10-14-32(15-11-22)41(34,35)30(28(33)36-4)12-16-37-17-13-30/h5-9,18,22,24H,10-17,19-20H2,1-4H3/t24-/m0/s1. The van der Waals surface area contributed by atoms with Gasteiger partial charge in [-0.2, -0.15) is 0 Å². The van der Waals surface area contributed by atoms with E-state index in [0.717, 1.165) is 16.8 Å². The molecule has 0 saturated carbocycles. The molecule has 1 aromatic carbocycles. The minimum absolute atomic E-state index is 0.115. The third-order valence-electron chi connectivity index (χ3n) is 8.35. The zero-order chi connectivity index (χ0) is 29.3. The van der Waals surface area contributed by atoms with Crippen molar-refractivity contribution < 1.29 is 36.9 Å². The van der Waals surface area contributed by atoms with Crippen LogP contribution in [0, 0.1) is 6.92 Å². The van der Waals surface area contributed by atoms with Gasteiger partial charge >= 0.3 is 5.97 Å². The Morgan fingerprint density at radius 1 is 1.12 bits per heavy atom. The van der Waals surface area contributed by atoms with Crippen LogP contribution < -0.4 is 4.74 Å². The third-order valence-corrected chi connectivity index (χ3v) is 11.0. The van der Waals surface area contributed by atoms with Crippen LogP contribution >= 0.6 is 0 Å². The number of hydrogen-bond acceptors (Lipinski definition) is 9. The van der Waals surface area contributed by atoms with Crippen LogP contribution in [-0.4, -0.2) is 86.9 Å². The Bertz CT molecular complexity index is 1350. The molecular weight excluding hydrogens is 548 g/mol. The molecule has 41 heavy (non-hydrogen) atoms. The second-order valence-corrected chi connectivity index (χ2v) is 13.7. The molecule has 0 radical (unpaired) electrons. The second kappa shape index (κ2) is 12.0. The molecule has 3 aliphatic rings. The van der Waals surface area contributed by atoms with Crippen LogP contribution in [0.1, 0.15) is 56.6 Å². The maximum Gasteiger partial charge on any atom is 0.328 e. The molecule has 0 unspecified atom stereocenters. The van der Waals surface area contributed by atoms with Gasteiger partial charge in [-0.25, -0.2) is 17.7 Å². The minimum Gasteiger partial charge on any atom is -0.475 e. The van der Waals surface area contributed by atoms with Crippen LogP contribution in [0.5, 0.6) is 5.88 Å². The van der Waals surface area contributed by atoms with Crippen LogP contribution in [0.25, 0.3) is 11.3 Å². The highest BCUT2D eigenvalue weighted by Crippen LogP contribution is 2.38. The third kappa shape index (κ3) is 6.15. The fourth-order valence-electron chi connectivity index (χ4n) is 6.03. The molecule has 0 aliphatic carbocycles. The molecule has 0 bridgehead atoms. The number of methoxy groups -OCH3 is 1. The SMILES string of the molecule is COC(=O)C1(S(=O)(=O)N2CCC(c3ccc(-c4cccc(OC[C@H]5COC(C)(C)O5)n4)c(C)c3)CC2)CCOCC1. The van der Waals surface area contributed by atoms with Gasteiger partial charge in [0.15, 0.2) is 10.5 Å². The average Bonchev–Trinajstić information content (AvgIpc) is 3.34. The van der Waals surface area contributed by atoms with Crippen molar-refractivity contribution in [3.8, 4) is 17.1 Å². The van der Waals surface area contributed by atoms with E-state index in [-0.39, 0.29) is 38.1 Å². The van der Waals surface area contributed by atoms with E-state index in [1.807, 2.05) is 32.0 Å². The van der Waals surface area contributed by atoms with Gasteiger partial charge in [-0.15, -0.1) is 0 Å². The number of carbonyl (C=O) groups is 1. The lowest BCUT2D eigenvalue weighted by atomic mass is 9.88. The number of benzene rings is 1. The number of sulfonamides is 1. The molecule has 4 heterocycles. The van der Waals surface area contributed by atoms with E-state index in [1.165, 1.54) is 17.0 Å². The summed E-state index contributed by atoms with van der Waals surface area (Å²) in [5.74, 6) is -0.536. The first-order valence-corrected chi connectivity index (χ1v) is 15.7. The van der Waals surface area contributed by atoms with E-state index < -0.39 is 26.5 Å². The number of ether oxygens (including phenoxy) is 5. The molecule has 3 saturated heterocycles. The Hall–Kier alpha value is -2.57. The van der Waals surface area contributed by atoms with Gasteiger partial charge in [0.2, 0.25) is 15.9 Å². The molecule has 0 spiro atoms. The minimum atomic E-state index is -3.89. The van der Waals surface area contributed by atoms with Gasteiger partial charge in [-0.1, -0.05) is 24.3 Å². The summed E-state index contributed by atoms with van der Waals surface area (Å²) in [7, 11) is -2.65. The van der Waals surface area contributed by atoms with Gasteiger partial charge in [0.25, 0.3) is 0 Å². The number of esters is 1. The molecule has 11 heteroatoms. The number of rotatable bonds is 8. The Balaban J connectivity index is 1.23. The lowest BCUT2D eigenvalue weighted by Gasteiger charge is -2.40. The summed E-state index contributed by atoms with van der Waals surface area (Å²) in [6.45, 7) is 7.85. The number of aryl methyl sites for hydroxylation is 1. The topological polar surface area (TPSA) is 113 Å². The summed E-state index contributed by atoms with van der Waals surface area (Å²) in [4.78, 5) is 17.4. The Morgan fingerprint density at radius 3 is 2.49 bits per heavy atom. The van der Waals surface area contributed by atoms with Gasteiger partial charge in [0, 0.05) is 50.8 Å². The van der Waals surface area contributed by atoms with Gasteiger partial charge in [0.1, 0.15) is 12.7 Å². The normalized spacial score (nSPS) is 23.3. The van der Waals surface area contributed by atoms with Crippen LogP contribution in [0.15, 0.2) is 36.4 Å². The first-order valence-electron chi connectivity index (χ1n) is 14.2. The van der Waals surface area contributed by atoms with Crippen LogP contribution in [-0.2, 0) is 33.8 Å². The second-order valence-electron chi connectivity index (χ2n) is 11.5. The number of piperidine rings is 1. The fourth-order valence-corrected chi connectivity index (χ4v) is 8.19. The number of hydrogen-bond donors (Lipinski definition) is 0. The molecule has 10 nitrogen and oxygen atoms in total. The van der Waals surface area contributed by atoms with E-state index in [0.29, 0.717) is 45.0 Å². The van der Waals surface area contributed by atoms with E-state index in [9.17, 15) is 13.2 Å². The highest BCUT2D eigenvalue weighted by atomic mass is 32.2. The molecule has 3 aliphatic heterocycles. The molecule has 0 amide bonds. The first kappa shape index (κ1) is 29.9. The molecule has 224 valence electrons. The van der Waals surface area contributed by atoms with E-state index in [1.54, 1.807) is 0 Å². The fraction of sp³-hybridized carbons (Fsp3) is 0.600. The lowest BCUT2D eigenvalue weighted by Crippen LogP contribution is -2.57. The zero-order valence-corrected chi connectivity index (χ0v) is 25.1. The van der Waals surface area contributed by atoms with Crippen molar-refractivity contribution in [2.45, 2.75) is 69.0 Å². The van der Waals surface area contributed by atoms with E-state index in [2.05, 4.69) is 25.1 Å². The highest BCUT2D eigenvalue weighted by Gasteiger charge is 2.55. The van der Waals surface area contributed by atoms with Crippen molar-refractivity contribution in [2.24, 2.45) is 0 Å². The van der Waals surface area contributed by atoms with Gasteiger partial charge in [-0.3, -0.25) is 4.79 Å². The summed E-state index contributed by atoms with van der Waals surface area (Å²) in [6, 6.07) is 12.1. The van der Waals surface area contributed by atoms with E-state index in [4.69, 9.17) is 28.7 Å². The summed E-state index contributed by atoms with van der Waals surface area (Å²) in [5.41, 5.74) is 4.09. The summed E-state index contributed by atoms with van der Waals surface area (Å²) in [6.07, 6.45) is 1.45. The van der Waals surface area contributed by atoms with Crippen molar-refractivity contribution in [3.63, 3.8) is 0 Å². The molecular formula is C30H40N2O8S. The summed E-state index contributed by atoms with van der Waals surface area (Å²) >= 11 is 0. The summed E-state index contributed by atoms with van der Waals surface area (Å²) in [5, 5.41) is 0. The predicted octanol–water partition coefficient (Wildman–Crippen LogP) is 3.82. The largest absolute Gasteiger partial charge is 0.475 e. The number of nitrogens with zero attached hydrogens (tertiary/aromatic N) is 2. The molecule has 5 rings (SSSR count). The predicted molar refractivity (Wildman–Crippen MR) is 152 cm³/mol. The average molecular weight is 589 g/mol. The molecule has 0 N–H and O–H groups in total. The first-order chi connectivity index (χ1) is 19.5. The van der Waals surface area contributed by atoms with Crippen LogP contribution in [0.2, 0.25) is 0 Å². The number of aromatic nitrogens is 1. The quantitative estimate of drug-likeness (QED) is 0.425. The Kier molecular flexibility index (Phi) is 8.73. The molecule has 1 aromatic heterocycles. The van der Waals surface area contributed by atoms with E-state index >= 15 is 0 Å². The lowest BCUT2D eigenvalue weighted by molar-refractivity contribution is -0.146. The Morgan fingerprint density at radius 2 is 1.85 bits per heavy atom. The van der Waals surface area contributed by atoms with Crippen molar-refractivity contribution >= 4 is 16.0 Å². The van der Waals surface area contributed by atoms with Crippen molar-refractivity contribution in [1.29, 1.82) is 0 Å². The maximum atomic E-state index is 13.7. The van der Waals surface area contributed by atoms with Crippen LogP contribution in [0.4, 0.5) is 0 Å². The monoisotopic (exact) mass is 588 g/mol. The van der Waals surface area contributed by atoms with Crippen molar-refractivity contribution in [1.82, 2.24) is 9.29 Å². The Labute approximate surface area is 242 Å². The van der Waals surface area contributed by atoms with Crippen molar-refractivity contribution in [2.75, 3.05) is 46.6 Å². The smallest absolute Gasteiger partial charge is 0.328 e. The number of pyridine rings is 1. The zero-order valence-electron chi connectivity index (χ0n) is 24.3.